The zero-order valence-electron chi connectivity index (χ0n) is 18.9. The quantitative estimate of drug-likeness (QED) is 0.566. The van der Waals surface area contributed by atoms with Crippen molar-refractivity contribution in [3.8, 4) is 11.1 Å². The maximum atomic E-state index is 12.2. The Bertz CT molecular complexity index is 1040. The fourth-order valence-electron chi connectivity index (χ4n) is 4.94. The van der Waals surface area contributed by atoms with Crippen molar-refractivity contribution in [1.82, 2.24) is 4.90 Å². The van der Waals surface area contributed by atoms with Crippen LogP contribution in [0.1, 0.15) is 68.4 Å². The maximum Gasteiger partial charge on any atom is 0.289 e. The van der Waals surface area contributed by atoms with Crippen molar-refractivity contribution in [2.45, 2.75) is 71.8 Å². The molecule has 4 heteroatoms. The van der Waals surface area contributed by atoms with Crippen LogP contribution >= 0.6 is 11.8 Å². The number of aryl methyl sites for hydroxylation is 2. The van der Waals surface area contributed by atoms with Crippen LogP contribution in [0.2, 0.25) is 0 Å². The van der Waals surface area contributed by atoms with Crippen LogP contribution in [0.4, 0.5) is 4.79 Å². The standard InChI is InChI=1S/C26H31NO2S/c1-16-8-7-9-18(14-27-22(28)15-30-24(27)29)23(16)19-13-21-20(12-17(19)2)25(3,4)10-11-26(21,5)6/h7-9,12-13H,10-11,14-15H2,1-6H3. The van der Waals surface area contributed by atoms with Crippen LogP contribution in [0.15, 0.2) is 30.3 Å². The first-order valence-corrected chi connectivity index (χ1v) is 11.7. The number of thioether (sulfide) groups is 1. The van der Waals surface area contributed by atoms with Crippen molar-refractivity contribution in [2.24, 2.45) is 0 Å². The van der Waals surface area contributed by atoms with Crippen LogP contribution in [0.5, 0.6) is 0 Å². The number of hydrogen-bond donors (Lipinski definition) is 0. The molecule has 2 aliphatic rings. The molecular formula is C26H31NO2S. The first kappa shape index (κ1) is 21.2. The lowest BCUT2D eigenvalue weighted by atomic mass is 9.62. The zero-order valence-corrected chi connectivity index (χ0v) is 19.7. The minimum Gasteiger partial charge on any atom is -0.273 e. The van der Waals surface area contributed by atoms with E-state index in [2.05, 4.69) is 65.8 Å². The van der Waals surface area contributed by atoms with Crippen LogP contribution < -0.4 is 0 Å². The Hall–Kier alpha value is -2.07. The highest BCUT2D eigenvalue weighted by atomic mass is 32.2. The van der Waals surface area contributed by atoms with Crippen LogP contribution in [0, 0.1) is 13.8 Å². The van der Waals surface area contributed by atoms with Crippen molar-refractivity contribution in [3.63, 3.8) is 0 Å². The minimum atomic E-state index is -0.141. The number of hydrogen-bond acceptors (Lipinski definition) is 3. The molecule has 0 bridgehead atoms. The number of carbonyl (C=O) groups excluding carboxylic acids is 2. The number of carbonyl (C=O) groups is 2. The Morgan fingerprint density at radius 2 is 1.57 bits per heavy atom. The van der Waals surface area contributed by atoms with E-state index in [0.717, 1.165) is 22.9 Å². The van der Waals surface area contributed by atoms with Crippen LogP contribution in [-0.4, -0.2) is 21.8 Å². The molecule has 1 aliphatic heterocycles. The minimum absolute atomic E-state index is 0.0949. The van der Waals surface area contributed by atoms with Gasteiger partial charge in [-0.1, -0.05) is 69.8 Å². The van der Waals surface area contributed by atoms with E-state index < -0.39 is 0 Å². The maximum absolute atomic E-state index is 12.2. The zero-order chi connectivity index (χ0) is 21.8. The van der Waals surface area contributed by atoms with Crippen LogP contribution in [-0.2, 0) is 22.2 Å². The molecule has 0 aromatic heterocycles. The van der Waals surface area contributed by atoms with Gasteiger partial charge >= 0.3 is 0 Å². The second kappa shape index (κ2) is 7.26. The molecule has 1 saturated heterocycles. The van der Waals surface area contributed by atoms with Gasteiger partial charge in [-0.05, 0) is 76.5 Å². The van der Waals surface area contributed by atoms with Gasteiger partial charge in [0.05, 0.1) is 12.3 Å². The molecule has 0 unspecified atom stereocenters. The van der Waals surface area contributed by atoms with E-state index >= 15 is 0 Å². The number of benzene rings is 2. The average Bonchev–Trinajstić information content (AvgIpc) is 2.98. The van der Waals surface area contributed by atoms with Gasteiger partial charge in [0.25, 0.3) is 5.24 Å². The summed E-state index contributed by atoms with van der Waals surface area (Å²) in [7, 11) is 0. The predicted octanol–water partition coefficient (Wildman–Crippen LogP) is 6.51. The van der Waals surface area contributed by atoms with E-state index in [1.807, 2.05) is 6.07 Å². The van der Waals surface area contributed by atoms with Crippen LogP contribution in [0.25, 0.3) is 11.1 Å². The molecule has 2 aromatic rings. The number of fused-ring (bicyclic) bond motifs is 1. The van der Waals surface area contributed by atoms with Crippen molar-refractivity contribution in [3.05, 3.63) is 58.1 Å². The van der Waals surface area contributed by atoms with Crippen molar-refractivity contribution in [2.75, 3.05) is 5.75 Å². The van der Waals surface area contributed by atoms with E-state index in [9.17, 15) is 9.59 Å². The molecule has 0 saturated carbocycles. The SMILES string of the molecule is Cc1cc2c(cc1-c1c(C)cccc1CN1C(=O)CSC1=O)C(C)(C)CCC2(C)C. The van der Waals surface area contributed by atoms with E-state index in [1.54, 1.807) is 0 Å². The van der Waals surface area contributed by atoms with Gasteiger partial charge in [-0.15, -0.1) is 0 Å². The molecule has 1 aliphatic carbocycles. The summed E-state index contributed by atoms with van der Waals surface area (Å²) in [6, 6.07) is 11.0. The van der Waals surface area contributed by atoms with Crippen molar-refractivity contribution >= 4 is 22.9 Å². The van der Waals surface area contributed by atoms with Gasteiger partial charge in [0.1, 0.15) is 0 Å². The summed E-state index contributed by atoms with van der Waals surface area (Å²) in [6.07, 6.45) is 2.36. The van der Waals surface area contributed by atoms with Crippen LogP contribution in [0.3, 0.4) is 0 Å². The van der Waals surface area contributed by atoms with Gasteiger partial charge < -0.3 is 0 Å². The van der Waals surface area contributed by atoms with E-state index in [1.165, 1.54) is 45.6 Å². The smallest absolute Gasteiger partial charge is 0.273 e. The second-order valence-corrected chi connectivity index (χ2v) is 11.1. The summed E-state index contributed by atoms with van der Waals surface area (Å²) in [5.74, 6) is 0.156. The number of imide groups is 1. The third-order valence-corrected chi connectivity index (χ3v) is 7.85. The molecule has 0 spiro atoms. The van der Waals surface area contributed by atoms with Gasteiger partial charge in [0.15, 0.2) is 0 Å². The summed E-state index contributed by atoms with van der Waals surface area (Å²) in [6.45, 7) is 14.0. The third-order valence-electron chi connectivity index (χ3n) is 7.00. The van der Waals surface area contributed by atoms with Crippen molar-refractivity contribution < 1.29 is 9.59 Å². The molecule has 0 radical (unpaired) electrons. The Morgan fingerprint density at radius 1 is 0.933 bits per heavy atom. The molecule has 158 valence electrons. The van der Waals surface area contributed by atoms with E-state index in [4.69, 9.17) is 0 Å². The summed E-state index contributed by atoms with van der Waals surface area (Å²) < 4.78 is 0. The lowest BCUT2D eigenvalue weighted by molar-refractivity contribution is -0.125. The van der Waals surface area contributed by atoms with Gasteiger partial charge in [-0.25, -0.2) is 0 Å². The van der Waals surface area contributed by atoms with Crippen molar-refractivity contribution in [1.29, 1.82) is 0 Å². The molecule has 0 N–H and O–H groups in total. The molecule has 30 heavy (non-hydrogen) atoms. The summed E-state index contributed by atoms with van der Waals surface area (Å²) in [5, 5.41) is -0.141. The number of rotatable bonds is 3. The largest absolute Gasteiger partial charge is 0.289 e. The number of nitrogens with zero attached hydrogens (tertiary/aromatic N) is 1. The predicted molar refractivity (Wildman–Crippen MR) is 125 cm³/mol. The Labute approximate surface area is 184 Å². The molecule has 3 nitrogen and oxygen atoms in total. The molecular weight excluding hydrogens is 390 g/mol. The first-order chi connectivity index (χ1) is 14.0. The molecule has 4 rings (SSSR count). The molecule has 1 fully saturated rings. The topological polar surface area (TPSA) is 37.4 Å². The van der Waals surface area contributed by atoms with Gasteiger partial charge in [0, 0.05) is 0 Å². The Kier molecular flexibility index (Phi) is 5.13. The molecule has 2 amide bonds. The second-order valence-electron chi connectivity index (χ2n) is 10.1. The van der Waals surface area contributed by atoms with Gasteiger partial charge in [0.2, 0.25) is 5.91 Å². The van der Waals surface area contributed by atoms with Gasteiger partial charge in [-0.2, -0.15) is 0 Å². The Balaban J connectivity index is 1.88. The number of amides is 2. The fraction of sp³-hybridized carbons (Fsp3) is 0.462. The van der Waals surface area contributed by atoms with E-state index in [0.29, 0.717) is 6.54 Å². The lowest BCUT2D eigenvalue weighted by Crippen LogP contribution is -2.34. The first-order valence-electron chi connectivity index (χ1n) is 10.7. The van der Waals surface area contributed by atoms with Gasteiger partial charge in [-0.3, -0.25) is 14.5 Å². The summed E-state index contributed by atoms with van der Waals surface area (Å²) in [4.78, 5) is 25.8. The molecule has 2 aromatic carbocycles. The highest BCUT2D eigenvalue weighted by Gasteiger charge is 2.38. The normalized spacial score (nSPS) is 19.9. The third kappa shape index (κ3) is 3.49. The molecule has 1 heterocycles. The highest BCUT2D eigenvalue weighted by Crippen LogP contribution is 2.48. The summed E-state index contributed by atoms with van der Waals surface area (Å²) in [5.41, 5.74) is 9.04. The highest BCUT2D eigenvalue weighted by molar-refractivity contribution is 8.14. The monoisotopic (exact) mass is 421 g/mol. The molecule has 0 atom stereocenters. The average molecular weight is 422 g/mol. The van der Waals surface area contributed by atoms with E-state index in [-0.39, 0.29) is 27.7 Å². The lowest BCUT2D eigenvalue weighted by Gasteiger charge is -2.42. The Morgan fingerprint density at radius 3 is 2.17 bits per heavy atom. The fourth-order valence-corrected chi connectivity index (χ4v) is 5.67. The summed E-state index contributed by atoms with van der Waals surface area (Å²) >= 11 is 1.10.